The van der Waals surface area contributed by atoms with Crippen molar-refractivity contribution >= 4 is 17.6 Å². The van der Waals surface area contributed by atoms with E-state index in [1.54, 1.807) is 4.90 Å². The molecule has 9 heteroatoms. The number of benzene rings is 1. The highest BCUT2D eigenvalue weighted by Crippen LogP contribution is 2.41. The van der Waals surface area contributed by atoms with Crippen LogP contribution in [0.3, 0.4) is 0 Å². The van der Waals surface area contributed by atoms with Gasteiger partial charge in [0, 0.05) is 19.2 Å². The monoisotopic (exact) mass is 374 g/mol. The van der Waals surface area contributed by atoms with E-state index in [1.165, 1.54) is 24.3 Å². The van der Waals surface area contributed by atoms with Crippen molar-refractivity contribution in [2.24, 2.45) is 5.41 Å². The fourth-order valence-corrected chi connectivity index (χ4v) is 3.26. The van der Waals surface area contributed by atoms with E-state index in [0.29, 0.717) is 12.2 Å². The number of alkyl halides is 3. The lowest BCUT2D eigenvalue weighted by Gasteiger charge is -2.32. The van der Waals surface area contributed by atoms with Crippen molar-refractivity contribution < 1.29 is 32.6 Å². The van der Waals surface area contributed by atoms with Crippen LogP contribution in [0, 0.1) is 5.41 Å². The Labute approximate surface area is 148 Å². The van der Waals surface area contributed by atoms with Gasteiger partial charge in [0.15, 0.2) is 0 Å². The zero-order chi connectivity index (χ0) is 19.4. The molecule has 0 aromatic heterocycles. The SMILES string of the molecule is CC(=O)O.O=C1N(c2ccc(OC(F)(F)F)cc2)CCC12CCNCC2. The molecule has 1 aromatic carbocycles. The maximum absolute atomic E-state index is 12.7. The molecule has 0 atom stereocenters. The fraction of sp³-hybridized carbons (Fsp3) is 0.529. The summed E-state index contributed by atoms with van der Waals surface area (Å²) in [6, 6.07) is 5.48. The standard InChI is InChI=1S/C15H17F3N2O2.C2H4O2/c16-15(17,18)22-12-3-1-11(2-4-12)20-10-7-14(13(20)21)5-8-19-9-6-14;1-2(3)4/h1-4,19H,5-10H2;1H3,(H,3,4). The highest BCUT2D eigenvalue weighted by atomic mass is 19.4. The van der Waals surface area contributed by atoms with Crippen LogP contribution in [0.4, 0.5) is 18.9 Å². The molecule has 1 amide bonds. The Morgan fingerprint density at radius 2 is 1.73 bits per heavy atom. The maximum Gasteiger partial charge on any atom is 0.573 e. The molecule has 0 radical (unpaired) electrons. The van der Waals surface area contributed by atoms with Crippen LogP contribution in [0.1, 0.15) is 26.2 Å². The third kappa shape index (κ3) is 5.10. The molecule has 3 rings (SSSR count). The lowest BCUT2D eigenvalue weighted by molar-refractivity contribution is -0.274. The van der Waals surface area contributed by atoms with Crippen molar-refractivity contribution in [1.29, 1.82) is 0 Å². The van der Waals surface area contributed by atoms with E-state index in [1.807, 2.05) is 0 Å². The summed E-state index contributed by atoms with van der Waals surface area (Å²) in [5, 5.41) is 10.7. The van der Waals surface area contributed by atoms with Crippen LogP contribution in [0.2, 0.25) is 0 Å². The number of aliphatic carboxylic acids is 1. The van der Waals surface area contributed by atoms with Crippen molar-refractivity contribution in [3.05, 3.63) is 24.3 Å². The molecule has 2 aliphatic heterocycles. The number of anilines is 1. The van der Waals surface area contributed by atoms with Crippen molar-refractivity contribution in [3.8, 4) is 5.75 Å². The topological polar surface area (TPSA) is 78.9 Å². The van der Waals surface area contributed by atoms with E-state index in [2.05, 4.69) is 10.1 Å². The highest BCUT2D eigenvalue weighted by molar-refractivity contribution is 6.00. The molecule has 6 nitrogen and oxygen atoms in total. The van der Waals surface area contributed by atoms with Crippen molar-refractivity contribution in [2.45, 2.75) is 32.5 Å². The zero-order valence-corrected chi connectivity index (χ0v) is 14.3. The van der Waals surface area contributed by atoms with Crippen LogP contribution in [0.5, 0.6) is 5.75 Å². The molecular formula is C17H21F3N2O4. The number of amides is 1. The molecule has 2 heterocycles. The summed E-state index contributed by atoms with van der Waals surface area (Å²) in [4.78, 5) is 23.4. The van der Waals surface area contributed by atoms with E-state index >= 15 is 0 Å². The second kappa shape index (κ2) is 7.94. The normalized spacial score (nSPS) is 19.1. The van der Waals surface area contributed by atoms with Gasteiger partial charge in [0.05, 0.1) is 5.41 Å². The molecule has 0 aliphatic carbocycles. The molecule has 0 bridgehead atoms. The smallest absolute Gasteiger partial charge is 0.481 e. The Morgan fingerprint density at radius 1 is 1.19 bits per heavy atom. The van der Waals surface area contributed by atoms with Crippen LogP contribution >= 0.6 is 0 Å². The van der Waals surface area contributed by atoms with Gasteiger partial charge in [-0.05, 0) is 56.6 Å². The summed E-state index contributed by atoms with van der Waals surface area (Å²) < 4.78 is 40.3. The Kier molecular flexibility index (Phi) is 6.12. The molecule has 1 aromatic rings. The Morgan fingerprint density at radius 3 is 2.23 bits per heavy atom. The van der Waals surface area contributed by atoms with Gasteiger partial charge in [0.1, 0.15) is 5.75 Å². The van der Waals surface area contributed by atoms with Gasteiger partial charge in [0.2, 0.25) is 5.91 Å². The van der Waals surface area contributed by atoms with Crippen molar-refractivity contribution in [3.63, 3.8) is 0 Å². The van der Waals surface area contributed by atoms with Crippen molar-refractivity contribution in [1.82, 2.24) is 5.32 Å². The summed E-state index contributed by atoms with van der Waals surface area (Å²) >= 11 is 0. The number of carbonyl (C=O) groups excluding carboxylic acids is 1. The quantitative estimate of drug-likeness (QED) is 0.832. The lowest BCUT2D eigenvalue weighted by atomic mass is 9.78. The van der Waals surface area contributed by atoms with Gasteiger partial charge in [-0.25, -0.2) is 0 Å². The van der Waals surface area contributed by atoms with Crippen LogP contribution in [0.25, 0.3) is 0 Å². The van der Waals surface area contributed by atoms with E-state index in [4.69, 9.17) is 9.90 Å². The number of hydrogen-bond acceptors (Lipinski definition) is 4. The van der Waals surface area contributed by atoms with Gasteiger partial charge in [-0.3, -0.25) is 9.59 Å². The minimum absolute atomic E-state index is 0.0819. The second-order valence-corrected chi connectivity index (χ2v) is 6.30. The molecule has 26 heavy (non-hydrogen) atoms. The van der Waals surface area contributed by atoms with Crippen molar-refractivity contribution in [2.75, 3.05) is 24.5 Å². The number of piperidine rings is 1. The summed E-state index contributed by atoms with van der Waals surface area (Å²) in [5.74, 6) is -1.03. The minimum atomic E-state index is -4.70. The first-order chi connectivity index (χ1) is 12.1. The largest absolute Gasteiger partial charge is 0.573 e. The zero-order valence-electron chi connectivity index (χ0n) is 14.3. The summed E-state index contributed by atoms with van der Waals surface area (Å²) in [6.07, 6.45) is -2.27. The van der Waals surface area contributed by atoms with E-state index in [-0.39, 0.29) is 17.1 Å². The Balaban J connectivity index is 0.000000552. The molecule has 0 unspecified atom stereocenters. The summed E-state index contributed by atoms with van der Waals surface area (Å²) in [6.45, 7) is 3.36. The number of hydrogen-bond donors (Lipinski definition) is 2. The average molecular weight is 374 g/mol. The summed E-state index contributed by atoms with van der Waals surface area (Å²) in [5.41, 5.74) is 0.321. The van der Waals surface area contributed by atoms with Crippen LogP contribution < -0.4 is 15.0 Å². The third-order valence-corrected chi connectivity index (χ3v) is 4.46. The molecule has 1 spiro atoms. The molecule has 0 saturated carbocycles. The number of rotatable bonds is 2. The molecule has 2 fully saturated rings. The minimum Gasteiger partial charge on any atom is -0.481 e. The number of halogens is 3. The van der Waals surface area contributed by atoms with E-state index < -0.39 is 12.3 Å². The van der Waals surface area contributed by atoms with Gasteiger partial charge in [-0.15, -0.1) is 13.2 Å². The molecule has 2 aliphatic rings. The number of carbonyl (C=O) groups is 2. The lowest BCUT2D eigenvalue weighted by Crippen LogP contribution is -2.42. The first-order valence-electron chi connectivity index (χ1n) is 8.21. The second-order valence-electron chi connectivity index (χ2n) is 6.30. The van der Waals surface area contributed by atoms with E-state index in [9.17, 15) is 18.0 Å². The number of nitrogens with zero attached hydrogens (tertiary/aromatic N) is 1. The Bertz CT molecular complexity index is 636. The van der Waals surface area contributed by atoms with Crippen LogP contribution in [-0.4, -0.2) is 43.0 Å². The first kappa shape index (κ1) is 20.0. The summed E-state index contributed by atoms with van der Waals surface area (Å²) in [7, 11) is 0. The van der Waals surface area contributed by atoms with Gasteiger partial charge in [-0.1, -0.05) is 0 Å². The molecule has 2 N–H and O–H groups in total. The first-order valence-corrected chi connectivity index (χ1v) is 8.21. The highest BCUT2D eigenvalue weighted by Gasteiger charge is 2.47. The molecule has 144 valence electrons. The molecular weight excluding hydrogens is 353 g/mol. The predicted molar refractivity (Wildman–Crippen MR) is 87.9 cm³/mol. The predicted octanol–water partition coefficient (Wildman–Crippen LogP) is 2.78. The Hall–Kier alpha value is -2.29. The number of ether oxygens (including phenoxy) is 1. The van der Waals surface area contributed by atoms with Gasteiger partial charge in [0.25, 0.3) is 5.97 Å². The van der Waals surface area contributed by atoms with Gasteiger partial charge in [-0.2, -0.15) is 0 Å². The third-order valence-electron chi connectivity index (χ3n) is 4.46. The number of carboxylic acid groups (broad SMARTS) is 1. The number of carboxylic acids is 1. The van der Waals surface area contributed by atoms with Gasteiger partial charge >= 0.3 is 6.36 Å². The average Bonchev–Trinajstić information content (AvgIpc) is 2.84. The number of nitrogens with one attached hydrogen (secondary N) is 1. The van der Waals surface area contributed by atoms with Crippen LogP contribution in [-0.2, 0) is 9.59 Å². The van der Waals surface area contributed by atoms with E-state index in [0.717, 1.165) is 39.3 Å². The van der Waals surface area contributed by atoms with Gasteiger partial charge < -0.3 is 20.1 Å². The fourth-order valence-electron chi connectivity index (χ4n) is 3.26. The van der Waals surface area contributed by atoms with Crippen LogP contribution in [0.15, 0.2) is 24.3 Å². The molecule has 2 saturated heterocycles. The maximum atomic E-state index is 12.7.